The van der Waals surface area contributed by atoms with Crippen LogP contribution < -0.4 is 10.6 Å². The molecule has 0 bridgehead atoms. The number of benzene rings is 1. The van der Waals surface area contributed by atoms with E-state index in [9.17, 15) is 0 Å². The lowest BCUT2D eigenvalue weighted by atomic mass is 10.1. The molecule has 126 valence electrons. The summed E-state index contributed by atoms with van der Waals surface area (Å²) in [6.45, 7) is 7.87. The van der Waals surface area contributed by atoms with Crippen molar-refractivity contribution in [2.24, 2.45) is 10.9 Å². The van der Waals surface area contributed by atoms with Crippen LogP contribution in [0.15, 0.2) is 35.3 Å². The second-order valence-corrected chi connectivity index (χ2v) is 5.58. The third-order valence-electron chi connectivity index (χ3n) is 3.31. The van der Waals surface area contributed by atoms with Crippen LogP contribution in [0, 0.1) is 5.92 Å². The molecule has 0 aliphatic rings. The molecular formula is C17H30IN3O. The van der Waals surface area contributed by atoms with Gasteiger partial charge < -0.3 is 15.7 Å². The Morgan fingerprint density at radius 3 is 2.50 bits per heavy atom. The predicted octanol–water partition coefficient (Wildman–Crippen LogP) is 2.81. The summed E-state index contributed by atoms with van der Waals surface area (Å²) in [7, 11) is 0. The maximum absolute atomic E-state index is 9.06. The van der Waals surface area contributed by atoms with E-state index in [-0.39, 0.29) is 36.5 Å². The first-order valence-electron chi connectivity index (χ1n) is 7.85. The largest absolute Gasteiger partial charge is 0.396 e. The third-order valence-corrected chi connectivity index (χ3v) is 3.31. The fourth-order valence-corrected chi connectivity index (χ4v) is 1.96. The molecule has 4 nitrogen and oxygen atoms in total. The zero-order valence-electron chi connectivity index (χ0n) is 13.9. The van der Waals surface area contributed by atoms with Crippen molar-refractivity contribution in [3.05, 3.63) is 35.9 Å². The lowest BCUT2D eigenvalue weighted by Gasteiger charge is -2.18. The van der Waals surface area contributed by atoms with Crippen molar-refractivity contribution in [2.75, 3.05) is 19.7 Å². The Balaban J connectivity index is 0.00000441. The summed E-state index contributed by atoms with van der Waals surface area (Å²) in [6, 6.07) is 10.9. The average molecular weight is 419 g/mol. The van der Waals surface area contributed by atoms with Crippen molar-refractivity contribution in [2.45, 2.75) is 39.7 Å². The Kier molecular flexibility index (Phi) is 12.2. The Hall–Kier alpha value is -0.820. The van der Waals surface area contributed by atoms with Crippen molar-refractivity contribution in [3.63, 3.8) is 0 Å². The molecule has 2 atom stereocenters. The molecule has 0 spiro atoms. The van der Waals surface area contributed by atoms with E-state index in [0.29, 0.717) is 12.6 Å². The number of hydrogen-bond donors (Lipinski definition) is 3. The van der Waals surface area contributed by atoms with Gasteiger partial charge >= 0.3 is 0 Å². The van der Waals surface area contributed by atoms with Gasteiger partial charge in [-0.3, -0.25) is 4.99 Å². The Bertz CT molecular complexity index is 412. The summed E-state index contributed by atoms with van der Waals surface area (Å²) in [6.07, 6.45) is 2.12. The highest BCUT2D eigenvalue weighted by Crippen LogP contribution is 2.04. The average Bonchev–Trinajstić information content (AvgIpc) is 2.51. The number of guanidine groups is 1. The van der Waals surface area contributed by atoms with Crippen molar-refractivity contribution >= 4 is 29.9 Å². The monoisotopic (exact) mass is 419 g/mol. The maximum Gasteiger partial charge on any atom is 0.191 e. The van der Waals surface area contributed by atoms with Crippen molar-refractivity contribution in [3.8, 4) is 0 Å². The molecule has 22 heavy (non-hydrogen) atoms. The summed E-state index contributed by atoms with van der Waals surface area (Å²) in [5.74, 6) is 1.03. The summed E-state index contributed by atoms with van der Waals surface area (Å²) < 4.78 is 0. The summed E-state index contributed by atoms with van der Waals surface area (Å²) >= 11 is 0. The second-order valence-electron chi connectivity index (χ2n) is 5.58. The number of nitrogens with one attached hydrogen (secondary N) is 2. The summed E-state index contributed by atoms with van der Waals surface area (Å²) in [5.41, 5.74) is 1.36. The number of aliphatic hydroxyl groups is 1. The van der Waals surface area contributed by atoms with Crippen molar-refractivity contribution < 1.29 is 5.11 Å². The van der Waals surface area contributed by atoms with Gasteiger partial charge in [-0.25, -0.2) is 0 Å². The molecule has 1 rings (SSSR count). The van der Waals surface area contributed by atoms with Crippen molar-refractivity contribution in [1.82, 2.24) is 10.6 Å². The number of aliphatic imine (C=N–C) groups is 1. The van der Waals surface area contributed by atoms with E-state index < -0.39 is 0 Å². The van der Waals surface area contributed by atoms with Gasteiger partial charge in [0.15, 0.2) is 5.96 Å². The van der Waals surface area contributed by atoms with E-state index in [0.717, 1.165) is 25.3 Å². The molecule has 0 saturated heterocycles. The van der Waals surface area contributed by atoms with E-state index in [1.54, 1.807) is 0 Å². The molecular weight excluding hydrogens is 389 g/mol. The number of nitrogens with zero attached hydrogens (tertiary/aromatic N) is 1. The molecule has 0 fully saturated rings. The topological polar surface area (TPSA) is 56.7 Å². The van der Waals surface area contributed by atoms with Gasteiger partial charge in [0, 0.05) is 25.7 Å². The summed E-state index contributed by atoms with van der Waals surface area (Å²) in [4.78, 5) is 4.51. The van der Waals surface area contributed by atoms with Crippen LogP contribution in [0.1, 0.15) is 32.8 Å². The van der Waals surface area contributed by atoms with E-state index in [2.05, 4.69) is 53.7 Å². The standard InChI is InChI=1S/C17H29N3O.HI/c1-4-18-17(19-12-14(2)13-21)20-15(3)10-11-16-8-6-5-7-9-16;/h5-9,14-15,21H,4,10-13H2,1-3H3,(H2,18,19,20);1H. The maximum atomic E-state index is 9.06. The number of aryl methyl sites for hydroxylation is 1. The first-order valence-corrected chi connectivity index (χ1v) is 7.85. The van der Waals surface area contributed by atoms with Crippen LogP contribution in [0.3, 0.4) is 0 Å². The third kappa shape index (κ3) is 9.25. The molecule has 2 unspecified atom stereocenters. The zero-order chi connectivity index (χ0) is 15.5. The molecule has 0 heterocycles. The highest BCUT2D eigenvalue weighted by molar-refractivity contribution is 14.0. The first kappa shape index (κ1) is 21.2. The minimum absolute atomic E-state index is 0. The van der Waals surface area contributed by atoms with Crippen LogP contribution in [0.25, 0.3) is 0 Å². The minimum atomic E-state index is 0. The van der Waals surface area contributed by atoms with Gasteiger partial charge in [0.05, 0.1) is 0 Å². The molecule has 0 aliphatic heterocycles. The van der Waals surface area contributed by atoms with Gasteiger partial charge in [-0.1, -0.05) is 37.3 Å². The number of hydrogen-bond acceptors (Lipinski definition) is 2. The zero-order valence-corrected chi connectivity index (χ0v) is 16.2. The molecule has 1 aromatic rings. The van der Waals surface area contributed by atoms with Crippen LogP contribution in [-0.2, 0) is 6.42 Å². The predicted molar refractivity (Wildman–Crippen MR) is 105 cm³/mol. The smallest absolute Gasteiger partial charge is 0.191 e. The Morgan fingerprint density at radius 1 is 1.23 bits per heavy atom. The number of halogens is 1. The van der Waals surface area contributed by atoms with Gasteiger partial charge in [0.1, 0.15) is 0 Å². The first-order chi connectivity index (χ1) is 10.2. The van der Waals surface area contributed by atoms with E-state index in [1.807, 2.05) is 13.0 Å². The Labute approximate surface area is 151 Å². The van der Waals surface area contributed by atoms with Crippen LogP contribution in [-0.4, -0.2) is 36.8 Å². The van der Waals surface area contributed by atoms with Gasteiger partial charge in [-0.15, -0.1) is 24.0 Å². The van der Waals surface area contributed by atoms with Crippen LogP contribution in [0.5, 0.6) is 0 Å². The second kappa shape index (κ2) is 12.7. The molecule has 0 aliphatic carbocycles. The quantitative estimate of drug-likeness (QED) is 0.345. The fraction of sp³-hybridized carbons (Fsp3) is 0.588. The highest BCUT2D eigenvalue weighted by Gasteiger charge is 2.06. The summed E-state index contributed by atoms with van der Waals surface area (Å²) in [5, 5.41) is 15.7. The van der Waals surface area contributed by atoms with Gasteiger partial charge in [0.25, 0.3) is 0 Å². The lowest BCUT2D eigenvalue weighted by Crippen LogP contribution is -2.42. The van der Waals surface area contributed by atoms with E-state index >= 15 is 0 Å². The molecule has 5 heteroatoms. The molecule has 0 radical (unpaired) electrons. The molecule has 3 N–H and O–H groups in total. The lowest BCUT2D eigenvalue weighted by molar-refractivity contribution is 0.241. The number of aliphatic hydroxyl groups excluding tert-OH is 1. The van der Waals surface area contributed by atoms with E-state index in [4.69, 9.17) is 5.11 Å². The molecule has 0 aromatic heterocycles. The van der Waals surface area contributed by atoms with Crippen LogP contribution in [0.2, 0.25) is 0 Å². The van der Waals surface area contributed by atoms with Crippen LogP contribution >= 0.6 is 24.0 Å². The van der Waals surface area contributed by atoms with Gasteiger partial charge in [0.2, 0.25) is 0 Å². The Morgan fingerprint density at radius 2 is 1.91 bits per heavy atom. The van der Waals surface area contributed by atoms with Gasteiger partial charge in [-0.05, 0) is 38.2 Å². The van der Waals surface area contributed by atoms with Crippen LogP contribution in [0.4, 0.5) is 0 Å². The normalized spacial score (nSPS) is 13.9. The molecule has 0 amide bonds. The molecule has 1 aromatic carbocycles. The highest BCUT2D eigenvalue weighted by atomic mass is 127. The van der Waals surface area contributed by atoms with E-state index in [1.165, 1.54) is 5.56 Å². The van der Waals surface area contributed by atoms with Crippen molar-refractivity contribution in [1.29, 1.82) is 0 Å². The SMILES string of the molecule is CCNC(=NCC(C)CO)NC(C)CCc1ccccc1.I. The van der Waals surface area contributed by atoms with Gasteiger partial charge in [-0.2, -0.15) is 0 Å². The fourth-order valence-electron chi connectivity index (χ4n) is 1.96. The molecule has 0 saturated carbocycles. The number of rotatable bonds is 8. The minimum Gasteiger partial charge on any atom is -0.396 e.